The monoisotopic (exact) mass is 383 g/mol. The Morgan fingerprint density at radius 2 is 1.57 bits per heavy atom. The maximum absolute atomic E-state index is 6.58. The second kappa shape index (κ2) is 9.08. The summed E-state index contributed by atoms with van der Waals surface area (Å²) in [5.41, 5.74) is 7.27. The van der Waals surface area contributed by atoms with E-state index < -0.39 is 0 Å². The van der Waals surface area contributed by atoms with E-state index in [0.717, 1.165) is 56.7 Å². The van der Waals surface area contributed by atoms with Gasteiger partial charge in [0.2, 0.25) is 0 Å². The van der Waals surface area contributed by atoms with Crippen LogP contribution in [0.25, 0.3) is 0 Å². The van der Waals surface area contributed by atoms with Crippen LogP contribution in [0.3, 0.4) is 0 Å². The van der Waals surface area contributed by atoms with Crippen molar-refractivity contribution < 1.29 is 0 Å². The van der Waals surface area contributed by atoms with E-state index in [1.54, 1.807) is 6.33 Å². The van der Waals surface area contributed by atoms with E-state index >= 15 is 0 Å². The fourth-order valence-corrected chi connectivity index (χ4v) is 3.70. The van der Waals surface area contributed by atoms with Gasteiger partial charge < -0.3 is 20.4 Å². The van der Waals surface area contributed by atoms with Crippen molar-refractivity contribution in [3.05, 3.63) is 30.7 Å². The van der Waals surface area contributed by atoms with Crippen molar-refractivity contribution in [2.75, 3.05) is 59.7 Å². The number of hydrogen-bond donors (Lipinski definition) is 1. The van der Waals surface area contributed by atoms with Gasteiger partial charge >= 0.3 is 0 Å². The quantitative estimate of drug-likeness (QED) is 0.788. The Labute approximate surface area is 168 Å². The zero-order valence-electron chi connectivity index (χ0n) is 17.5. The number of pyridine rings is 1. The van der Waals surface area contributed by atoms with E-state index in [9.17, 15) is 0 Å². The zero-order valence-corrected chi connectivity index (χ0v) is 17.5. The molecule has 28 heavy (non-hydrogen) atoms. The molecule has 2 aromatic rings. The van der Waals surface area contributed by atoms with E-state index in [4.69, 9.17) is 5.73 Å². The third-order valence-corrected chi connectivity index (χ3v) is 4.86. The summed E-state index contributed by atoms with van der Waals surface area (Å²) in [5.74, 6) is 3.82. The number of nitrogen functional groups attached to an aromatic ring is 1. The Hall–Kier alpha value is -2.57. The summed E-state index contributed by atoms with van der Waals surface area (Å²) in [4.78, 5) is 20.4. The van der Waals surface area contributed by atoms with Crippen LogP contribution in [-0.2, 0) is 0 Å². The first-order valence-electron chi connectivity index (χ1n) is 10.2. The molecule has 1 aliphatic heterocycles. The van der Waals surface area contributed by atoms with E-state index in [2.05, 4.69) is 63.4 Å². The molecule has 0 aliphatic carbocycles. The molecule has 0 unspecified atom stereocenters. The molecular formula is C21H33N7. The lowest BCUT2D eigenvalue weighted by molar-refractivity contribution is 0.548. The first kappa shape index (κ1) is 20.2. The predicted molar refractivity (Wildman–Crippen MR) is 117 cm³/mol. The molecule has 1 saturated heterocycles. The highest BCUT2D eigenvalue weighted by Crippen LogP contribution is 2.30. The van der Waals surface area contributed by atoms with Gasteiger partial charge in [-0.2, -0.15) is 0 Å². The van der Waals surface area contributed by atoms with Crippen molar-refractivity contribution in [3.8, 4) is 0 Å². The van der Waals surface area contributed by atoms with Crippen molar-refractivity contribution >= 4 is 23.1 Å². The van der Waals surface area contributed by atoms with Crippen LogP contribution in [0, 0.1) is 11.8 Å². The van der Waals surface area contributed by atoms with Crippen LogP contribution in [0.5, 0.6) is 0 Å². The fraction of sp³-hybridized carbons (Fsp3) is 0.571. The first-order chi connectivity index (χ1) is 13.5. The molecule has 1 fully saturated rings. The maximum Gasteiger partial charge on any atom is 0.157 e. The largest absolute Gasteiger partial charge is 0.393 e. The Morgan fingerprint density at radius 3 is 2.14 bits per heavy atom. The Bertz CT molecular complexity index is 730. The van der Waals surface area contributed by atoms with Gasteiger partial charge in [0.15, 0.2) is 11.6 Å². The van der Waals surface area contributed by atoms with E-state index in [0.29, 0.717) is 17.5 Å². The highest BCUT2D eigenvalue weighted by Gasteiger charge is 2.24. The standard InChI is InChI=1S/C21H33N7/c1-16(2)13-28(14-17(3)4)21-19(22)20(24-15-25-21)27-11-9-26(10-12-27)18-7-5-6-8-23-18/h5-8,15-17H,9-14,22H2,1-4H3. The number of nitrogens with two attached hydrogens (primary N) is 1. The molecule has 2 aromatic heterocycles. The summed E-state index contributed by atoms with van der Waals surface area (Å²) in [6, 6.07) is 6.03. The minimum Gasteiger partial charge on any atom is -0.393 e. The van der Waals surface area contributed by atoms with Gasteiger partial charge in [-0.05, 0) is 24.0 Å². The Balaban J connectivity index is 1.75. The molecular weight excluding hydrogens is 350 g/mol. The third kappa shape index (κ3) is 4.82. The molecule has 0 aromatic carbocycles. The van der Waals surface area contributed by atoms with Gasteiger partial charge in [-0.1, -0.05) is 33.8 Å². The average Bonchev–Trinajstić information content (AvgIpc) is 2.68. The van der Waals surface area contributed by atoms with Crippen molar-refractivity contribution in [2.24, 2.45) is 11.8 Å². The van der Waals surface area contributed by atoms with Crippen molar-refractivity contribution in [2.45, 2.75) is 27.7 Å². The number of hydrogen-bond acceptors (Lipinski definition) is 7. The summed E-state index contributed by atoms with van der Waals surface area (Å²) < 4.78 is 0. The van der Waals surface area contributed by atoms with Gasteiger partial charge in [0.1, 0.15) is 17.8 Å². The first-order valence-corrected chi connectivity index (χ1v) is 10.2. The van der Waals surface area contributed by atoms with Gasteiger partial charge in [-0.15, -0.1) is 0 Å². The van der Waals surface area contributed by atoms with E-state index in [-0.39, 0.29) is 0 Å². The molecule has 0 amide bonds. The molecule has 152 valence electrons. The number of aromatic nitrogens is 3. The van der Waals surface area contributed by atoms with Gasteiger partial charge in [0.05, 0.1) is 0 Å². The topological polar surface area (TPSA) is 74.4 Å². The van der Waals surface area contributed by atoms with Gasteiger partial charge in [-0.25, -0.2) is 15.0 Å². The van der Waals surface area contributed by atoms with Gasteiger partial charge in [-0.3, -0.25) is 0 Å². The molecule has 7 heteroatoms. The molecule has 7 nitrogen and oxygen atoms in total. The smallest absolute Gasteiger partial charge is 0.157 e. The summed E-state index contributed by atoms with van der Waals surface area (Å²) in [5, 5.41) is 0. The number of nitrogens with zero attached hydrogens (tertiary/aromatic N) is 6. The molecule has 3 heterocycles. The van der Waals surface area contributed by atoms with E-state index in [1.807, 2.05) is 18.3 Å². The second-order valence-corrected chi connectivity index (χ2v) is 8.29. The minimum atomic E-state index is 0.540. The number of piperazine rings is 1. The fourth-order valence-electron chi connectivity index (χ4n) is 3.70. The lowest BCUT2D eigenvalue weighted by atomic mass is 10.1. The summed E-state index contributed by atoms with van der Waals surface area (Å²) >= 11 is 0. The lowest BCUT2D eigenvalue weighted by Gasteiger charge is -2.37. The van der Waals surface area contributed by atoms with Crippen molar-refractivity contribution in [1.82, 2.24) is 15.0 Å². The van der Waals surface area contributed by atoms with Crippen LogP contribution >= 0.6 is 0 Å². The van der Waals surface area contributed by atoms with E-state index in [1.165, 1.54) is 0 Å². The normalized spacial score (nSPS) is 14.8. The predicted octanol–water partition coefficient (Wildman–Crippen LogP) is 2.90. The Morgan fingerprint density at radius 1 is 0.929 bits per heavy atom. The molecule has 0 saturated carbocycles. The molecule has 3 rings (SSSR count). The molecule has 2 N–H and O–H groups in total. The molecule has 0 spiro atoms. The van der Waals surface area contributed by atoms with Gasteiger partial charge in [0, 0.05) is 45.5 Å². The van der Waals surface area contributed by atoms with Crippen LogP contribution in [-0.4, -0.2) is 54.2 Å². The van der Waals surface area contributed by atoms with Crippen LogP contribution in [0.15, 0.2) is 30.7 Å². The number of rotatable bonds is 7. The second-order valence-electron chi connectivity index (χ2n) is 8.29. The van der Waals surface area contributed by atoms with Crippen LogP contribution in [0.4, 0.5) is 23.1 Å². The Kier molecular flexibility index (Phi) is 6.54. The van der Waals surface area contributed by atoms with Crippen LogP contribution < -0.4 is 20.4 Å². The molecule has 1 aliphatic rings. The third-order valence-electron chi connectivity index (χ3n) is 4.86. The zero-order chi connectivity index (χ0) is 20.1. The van der Waals surface area contributed by atoms with Crippen LogP contribution in [0.2, 0.25) is 0 Å². The summed E-state index contributed by atoms with van der Waals surface area (Å²) in [6.07, 6.45) is 3.49. The SMILES string of the molecule is CC(C)CN(CC(C)C)c1ncnc(N2CCN(c3ccccn3)CC2)c1N. The molecule has 0 atom stereocenters. The van der Waals surface area contributed by atoms with Crippen LogP contribution in [0.1, 0.15) is 27.7 Å². The summed E-state index contributed by atoms with van der Waals surface area (Å²) in [7, 11) is 0. The van der Waals surface area contributed by atoms with Crippen molar-refractivity contribution in [3.63, 3.8) is 0 Å². The molecule has 0 radical (unpaired) electrons. The summed E-state index contributed by atoms with van der Waals surface area (Å²) in [6.45, 7) is 14.3. The minimum absolute atomic E-state index is 0.540. The highest BCUT2D eigenvalue weighted by molar-refractivity contribution is 5.76. The van der Waals surface area contributed by atoms with Gasteiger partial charge in [0.25, 0.3) is 0 Å². The molecule has 0 bridgehead atoms. The number of anilines is 4. The maximum atomic E-state index is 6.58. The van der Waals surface area contributed by atoms with Crippen molar-refractivity contribution in [1.29, 1.82) is 0 Å². The average molecular weight is 384 g/mol. The lowest BCUT2D eigenvalue weighted by Crippen LogP contribution is -2.47. The highest BCUT2D eigenvalue weighted by atomic mass is 15.3.